The highest BCUT2D eigenvalue weighted by Crippen LogP contribution is 2.41. The van der Waals surface area contributed by atoms with Crippen molar-refractivity contribution >= 4 is 41.1 Å². The summed E-state index contributed by atoms with van der Waals surface area (Å²) in [6.07, 6.45) is 0.615. The van der Waals surface area contributed by atoms with Gasteiger partial charge in [-0.3, -0.25) is 19.2 Å². The molecule has 2 heterocycles. The van der Waals surface area contributed by atoms with Gasteiger partial charge in [-0.25, -0.2) is 0 Å². The second-order valence-corrected chi connectivity index (χ2v) is 16.6. The standard InChI is InChI=1S/C41H51N5O7S/c1-41(2)37(39(50)42-32-18-17-27-13-8-9-16-31(27)32)46(25-54-41)40(51)36(48)33(21-26-11-6-5-7-12-26)43-38(49)35(28-19-20-52-23-28)44-34(47)24-53-30-15-10-14-29(22-30)45(3)4/h5-16,22,28,32-33,35-37,48H,17-21,23-25H2,1-4H3,(H,42,50)(H,43,49)(H,44,47)/t28-,32-,33-,35-,36-,37+/m0/s1. The number of carbonyl (C=O) groups is 4. The monoisotopic (exact) mass is 757 g/mol. The minimum Gasteiger partial charge on any atom is -0.484 e. The van der Waals surface area contributed by atoms with Crippen LogP contribution in [0.1, 0.15) is 49.4 Å². The SMILES string of the molecule is CN(C)c1cccc(OCC(=O)N[C@H](C(=O)N[C@@H](Cc2ccccc2)[C@H](O)C(=O)N2CSC(C)(C)[C@H]2C(=O)N[C@H]2CCc3ccccc32)[C@H]2CCOC2)c1. The van der Waals surface area contributed by atoms with E-state index in [2.05, 4.69) is 22.0 Å². The van der Waals surface area contributed by atoms with Crippen LogP contribution < -0.4 is 25.6 Å². The lowest BCUT2D eigenvalue weighted by atomic mass is 9.94. The highest BCUT2D eigenvalue weighted by Gasteiger charge is 2.50. The molecule has 6 rings (SSSR count). The summed E-state index contributed by atoms with van der Waals surface area (Å²) in [4.78, 5) is 59.0. The van der Waals surface area contributed by atoms with Crippen LogP contribution in [0.2, 0.25) is 0 Å². The number of anilines is 1. The molecule has 4 N–H and O–H groups in total. The van der Waals surface area contributed by atoms with Crippen LogP contribution in [0.4, 0.5) is 5.69 Å². The van der Waals surface area contributed by atoms with Gasteiger partial charge in [-0.1, -0.05) is 60.7 Å². The first-order valence-electron chi connectivity index (χ1n) is 18.5. The highest BCUT2D eigenvalue weighted by molar-refractivity contribution is 8.00. The summed E-state index contributed by atoms with van der Waals surface area (Å²) in [5.74, 6) is -1.61. The number of fused-ring (bicyclic) bond motifs is 1. The summed E-state index contributed by atoms with van der Waals surface area (Å²) in [7, 11) is 3.81. The normalized spacial score (nSPS) is 21.7. The molecule has 0 radical (unpaired) electrons. The maximum Gasteiger partial charge on any atom is 0.258 e. The average Bonchev–Trinajstić information content (AvgIpc) is 3.92. The number of thioether (sulfide) groups is 1. The minimum atomic E-state index is -1.69. The van der Waals surface area contributed by atoms with Gasteiger partial charge in [0.05, 0.1) is 24.6 Å². The van der Waals surface area contributed by atoms with E-state index >= 15 is 0 Å². The van der Waals surface area contributed by atoms with Gasteiger partial charge in [-0.2, -0.15) is 0 Å². The van der Waals surface area contributed by atoms with E-state index in [-0.39, 0.29) is 43.4 Å². The molecule has 2 aliphatic heterocycles. The van der Waals surface area contributed by atoms with E-state index in [0.717, 1.165) is 29.7 Å². The van der Waals surface area contributed by atoms with Crippen LogP contribution in [-0.4, -0.2) is 102 Å². The van der Waals surface area contributed by atoms with E-state index < -0.39 is 46.7 Å². The molecule has 0 bridgehead atoms. The van der Waals surface area contributed by atoms with Gasteiger partial charge in [-0.15, -0.1) is 11.8 Å². The van der Waals surface area contributed by atoms with Crippen molar-refractivity contribution in [1.82, 2.24) is 20.9 Å². The van der Waals surface area contributed by atoms with Gasteiger partial charge in [-0.05, 0) is 68.4 Å². The molecule has 1 aliphatic carbocycles. The molecular weight excluding hydrogens is 707 g/mol. The third-order valence-electron chi connectivity index (χ3n) is 10.5. The van der Waals surface area contributed by atoms with E-state index in [4.69, 9.17) is 9.47 Å². The topological polar surface area (TPSA) is 150 Å². The number of hydrogen-bond acceptors (Lipinski definition) is 9. The summed E-state index contributed by atoms with van der Waals surface area (Å²) in [6, 6.07) is 21.5. The first-order valence-corrected chi connectivity index (χ1v) is 19.5. The van der Waals surface area contributed by atoms with Crippen molar-refractivity contribution in [2.75, 3.05) is 44.7 Å². The molecule has 4 amide bonds. The number of aliphatic hydroxyl groups excluding tert-OH is 1. The van der Waals surface area contributed by atoms with E-state index in [1.165, 1.54) is 22.2 Å². The first-order chi connectivity index (χ1) is 25.9. The van der Waals surface area contributed by atoms with Crippen LogP contribution in [0.15, 0.2) is 78.9 Å². The van der Waals surface area contributed by atoms with Crippen LogP contribution >= 0.6 is 11.8 Å². The van der Waals surface area contributed by atoms with Crippen molar-refractivity contribution < 1.29 is 33.8 Å². The lowest BCUT2D eigenvalue weighted by Crippen LogP contribution is -2.61. The molecule has 6 atom stereocenters. The molecule has 3 aliphatic rings. The van der Waals surface area contributed by atoms with Crippen molar-refractivity contribution in [3.05, 3.63) is 95.6 Å². The maximum atomic E-state index is 14.3. The molecule has 13 heteroatoms. The Hall–Kier alpha value is -4.59. The van der Waals surface area contributed by atoms with Crippen molar-refractivity contribution in [2.24, 2.45) is 5.92 Å². The van der Waals surface area contributed by atoms with Crippen molar-refractivity contribution in [2.45, 2.75) is 74.5 Å². The van der Waals surface area contributed by atoms with Gasteiger partial charge in [0.2, 0.25) is 11.8 Å². The number of aliphatic hydroxyl groups is 1. The van der Waals surface area contributed by atoms with Gasteiger partial charge in [0.25, 0.3) is 11.8 Å². The lowest BCUT2D eigenvalue weighted by Gasteiger charge is -2.34. The molecule has 2 saturated heterocycles. The Morgan fingerprint density at radius 2 is 1.76 bits per heavy atom. The van der Waals surface area contributed by atoms with Crippen LogP contribution in [0, 0.1) is 5.92 Å². The molecule has 3 aromatic carbocycles. The van der Waals surface area contributed by atoms with Crippen molar-refractivity contribution in [3.63, 3.8) is 0 Å². The summed E-state index contributed by atoms with van der Waals surface area (Å²) >= 11 is 1.47. The Kier molecular flexibility index (Phi) is 12.5. The number of nitrogens with one attached hydrogen (secondary N) is 3. The Labute approximate surface area is 321 Å². The molecule has 0 saturated carbocycles. The number of amides is 4. The fraction of sp³-hybridized carbons (Fsp3) is 0.463. The Balaban J connectivity index is 1.18. The predicted octanol–water partition coefficient (Wildman–Crippen LogP) is 3.22. The van der Waals surface area contributed by atoms with Crippen LogP contribution in [-0.2, 0) is 36.8 Å². The van der Waals surface area contributed by atoms with Crippen LogP contribution in [0.25, 0.3) is 0 Å². The number of carbonyl (C=O) groups excluding carboxylic acids is 4. The smallest absolute Gasteiger partial charge is 0.258 e. The summed E-state index contributed by atoms with van der Waals surface area (Å²) in [6.45, 7) is 4.23. The van der Waals surface area contributed by atoms with Gasteiger partial charge in [0, 0.05) is 43.1 Å². The fourth-order valence-corrected chi connectivity index (χ4v) is 8.66. The lowest BCUT2D eigenvalue weighted by molar-refractivity contribution is -0.148. The van der Waals surface area contributed by atoms with Gasteiger partial charge >= 0.3 is 0 Å². The molecule has 12 nitrogen and oxygen atoms in total. The molecule has 288 valence electrons. The van der Waals surface area contributed by atoms with Crippen LogP contribution in [0.3, 0.4) is 0 Å². The van der Waals surface area contributed by atoms with Gasteiger partial charge in [0.1, 0.15) is 17.8 Å². The quantitative estimate of drug-likeness (QED) is 0.195. The predicted molar refractivity (Wildman–Crippen MR) is 208 cm³/mol. The molecule has 2 fully saturated rings. The Bertz CT molecular complexity index is 1800. The molecular formula is C41H51N5O7S. The number of benzene rings is 3. The summed E-state index contributed by atoms with van der Waals surface area (Å²) in [5.41, 5.74) is 3.98. The second-order valence-electron chi connectivity index (χ2n) is 15.0. The molecule has 0 unspecified atom stereocenters. The third-order valence-corrected chi connectivity index (χ3v) is 11.9. The number of hydrogen-bond donors (Lipinski definition) is 4. The number of rotatable bonds is 14. The summed E-state index contributed by atoms with van der Waals surface area (Å²) < 4.78 is 10.7. The fourth-order valence-electron chi connectivity index (χ4n) is 7.52. The number of aryl methyl sites for hydroxylation is 1. The van der Waals surface area contributed by atoms with Gasteiger partial charge < -0.3 is 40.3 Å². The molecule has 0 spiro atoms. The molecule has 0 aromatic heterocycles. The molecule has 54 heavy (non-hydrogen) atoms. The number of nitrogens with zero attached hydrogens (tertiary/aromatic N) is 2. The van der Waals surface area contributed by atoms with Crippen LogP contribution in [0.5, 0.6) is 5.75 Å². The Morgan fingerprint density at radius 1 is 1.00 bits per heavy atom. The highest BCUT2D eigenvalue weighted by atomic mass is 32.2. The zero-order valence-corrected chi connectivity index (χ0v) is 32.1. The third kappa shape index (κ3) is 9.19. The Morgan fingerprint density at radius 3 is 2.50 bits per heavy atom. The zero-order chi connectivity index (χ0) is 38.4. The first kappa shape index (κ1) is 39.1. The maximum absolute atomic E-state index is 14.3. The molecule has 3 aromatic rings. The van der Waals surface area contributed by atoms with Crippen molar-refractivity contribution in [3.8, 4) is 5.75 Å². The summed E-state index contributed by atoms with van der Waals surface area (Å²) in [5, 5.41) is 20.8. The largest absolute Gasteiger partial charge is 0.484 e. The van der Waals surface area contributed by atoms with E-state index in [9.17, 15) is 24.3 Å². The minimum absolute atomic E-state index is 0.132. The van der Waals surface area contributed by atoms with E-state index in [1.54, 1.807) is 6.07 Å². The second kappa shape index (κ2) is 17.3. The average molecular weight is 758 g/mol. The zero-order valence-electron chi connectivity index (χ0n) is 31.3. The van der Waals surface area contributed by atoms with E-state index in [1.807, 2.05) is 99.6 Å². The van der Waals surface area contributed by atoms with E-state index in [0.29, 0.717) is 18.8 Å². The van der Waals surface area contributed by atoms with Crippen molar-refractivity contribution in [1.29, 1.82) is 0 Å². The van der Waals surface area contributed by atoms with Gasteiger partial charge in [0.15, 0.2) is 12.7 Å². The number of ether oxygens (including phenoxy) is 2.